The second-order valence-electron chi connectivity index (χ2n) is 6.69. The quantitative estimate of drug-likeness (QED) is 0.797. The van der Waals surface area contributed by atoms with E-state index in [4.69, 9.17) is 4.74 Å². The second-order valence-corrected chi connectivity index (χ2v) is 7.48. The van der Waals surface area contributed by atoms with E-state index in [-0.39, 0.29) is 17.1 Å². The molecule has 0 aromatic heterocycles. The predicted molar refractivity (Wildman–Crippen MR) is 87.1 cm³/mol. The molecule has 1 aromatic carbocycles. The Labute approximate surface area is 143 Å². The van der Waals surface area contributed by atoms with E-state index in [2.05, 4.69) is 21.2 Å². The van der Waals surface area contributed by atoms with Crippen LogP contribution >= 0.6 is 15.9 Å². The zero-order valence-electron chi connectivity index (χ0n) is 13.5. The topological polar surface area (TPSA) is 41.6 Å². The first-order valence-electron chi connectivity index (χ1n) is 7.50. The van der Waals surface area contributed by atoms with Crippen molar-refractivity contribution < 1.29 is 18.3 Å². The van der Waals surface area contributed by atoms with Crippen molar-refractivity contribution >= 4 is 22.0 Å². The van der Waals surface area contributed by atoms with Gasteiger partial charge in [0.05, 0.1) is 4.47 Å². The summed E-state index contributed by atoms with van der Waals surface area (Å²) in [6.07, 6.45) is 0.288. The molecule has 1 aromatic rings. The molecule has 0 saturated carbocycles. The van der Waals surface area contributed by atoms with Crippen molar-refractivity contribution in [2.24, 2.45) is 0 Å². The minimum absolute atomic E-state index is 0.0553. The molecular formula is C16H21BrF2N2O2. The van der Waals surface area contributed by atoms with Crippen LogP contribution in [0.2, 0.25) is 0 Å². The molecule has 2 rings (SSSR count). The van der Waals surface area contributed by atoms with Crippen LogP contribution in [0, 0.1) is 11.6 Å². The molecule has 1 aliphatic rings. The number of likely N-dealkylation sites (tertiary alicyclic amines) is 1. The lowest BCUT2D eigenvalue weighted by Gasteiger charge is -2.22. The summed E-state index contributed by atoms with van der Waals surface area (Å²) in [4.78, 5) is 13.7. The third kappa shape index (κ3) is 5.14. The van der Waals surface area contributed by atoms with Crippen LogP contribution in [-0.2, 0) is 11.3 Å². The summed E-state index contributed by atoms with van der Waals surface area (Å²) in [6, 6.07) is 2.17. The first-order valence-corrected chi connectivity index (χ1v) is 8.29. The van der Waals surface area contributed by atoms with Gasteiger partial charge in [-0.15, -0.1) is 0 Å². The second kappa shape index (κ2) is 7.13. The van der Waals surface area contributed by atoms with Gasteiger partial charge in [-0.25, -0.2) is 13.6 Å². The van der Waals surface area contributed by atoms with Crippen molar-refractivity contribution in [3.8, 4) is 0 Å². The molecule has 1 saturated heterocycles. The zero-order chi connectivity index (χ0) is 17.2. The maximum atomic E-state index is 13.9. The van der Waals surface area contributed by atoms with Crippen molar-refractivity contribution in [1.82, 2.24) is 10.2 Å². The third-order valence-electron chi connectivity index (χ3n) is 3.51. The molecule has 23 heavy (non-hydrogen) atoms. The first-order chi connectivity index (χ1) is 10.7. The van der Waals surface area contributed by atoms with Crippen LogP contribution in [0.4, 0.5) is 13.6 Å². The molecular weight excluding hydrogens is 370 g/mol. The fraction of sp³-hybridized carbons (Fsp3) is 0.562. The number of nitrogens with zero attached hydrogens (tertiary/aromatic N) is 1. The van der Waals surface area contributed by atoms with Crippen molar-refractivity contribution in [2.75, 3.05) is 13.1 Å². The lowest BCUT2D eigenvalue weighted by Crippen LogP contribution is -2.40. The molecule has 1 aliphatic heterocycles. The number of nitrogens with one attached hydrogen (secondary N) is 1. The zero-order valence-corrected chi connectivity index (χ0v) is 15.0. The monoisotopic (exact) mass is 390 g/mol. The molecule has 0 radical (unpaired) electrons. The summed E-state index contributed by atoms with van der Waals surface area (Å²) < 4.78 is 32.8. The van der Waals surface area contributed by atoms with Gasteiger partial charge in [0.2, 0.25) is 0 Å². The Bertz CT molecular complexity index is 590. The molecule has 0 bridgehead atoms. The van der Waals surface area contributed by atoms with Crippen molar-refractivity contribution in [3.05, 3.63) is 33.8 Å². The Kier molecular flexibility index (Phi) is 5.62. The molecule has 1 unspecified atom stereocenters. The molecule has 0 spiro atoms. The smallest absolute Gasteiger partial charge is 0.407 e. The summed E-state index contributed by atoms with van der Waals surface area (Å²) in [6.45, 7) is 6.97. The van der Waals surface area contributed by atoms with Gasteiger partial charge in [0, 0.05) is 31.2 Å². The maximum absolute atomic E-state index is 13.9. The Hall–Kier alpha value is -1.21. The SMILES string of the molecule is CC(C)(C)OC(=O)NC1CCN(Cc2c(F)ccc(F)c2Br)C1. The van der Waals surface area contributed by atoms with Crippen molar-refractivity contribution in [3.63, 3.8) is 0 Å². The molecule has 1 heterocycles. The standard InChI is InChI=1S/C16H21BrF2N2O2/c1-16(2,3)23-15(22)20-10-6-7-21(8-10)9-11-12(18)4-5-13(19)14(11)17/h4-5,10H,6-9H2,1-3H3,(H,20,22). The third-order valence-corrected chi connectivity index (χ3v) is 4.37. The number of hydrogen-bond acceptors (Lipinski definition) is 3. The predicted octanol–water partition coefficient (Wildman–Crippen LogP) is 3.83. The number of rotatable bonds is 3. The molecule has 1 fully saturated rings. The molecule has 128 valence electrons. The number of halogens is 3. The van der Waals surface area contributed by atoms with Crippen LogP contribution in [-0.4, -0.2) is 35.7 Å². The van der Waals surface area contributed by atoms with Gasteiger partial charge in [0.1, 0.15) is 17.2 Å². The van der Waals surface area contributed by atoms with Gasteiger partial charge in [-0.3, -0.25) is 4.90 Å². The van der Waals surface area contributed by atoms with Gasteiger partial charge in [-0.2, -0.15) is 0 Å². The number of alkyl carbamates (subject to hydrolysis) is 1. The lowest BCUT2D eigenvalue weighted by molar-refractivity contribution is 0.0505. The van der Waals surface area contributed by atoms with Crippen LogP contribution in [0.25, 0.3) is 0 Å². The van der Waals surface area contributed by atoms with Crippen molar-refractivity contribution in [1.29, 1.82) is 0 Å². The van der Waals surface area contributed by atoms with Crippen LogP contribution in [0.5, 0.6) is 0 Å². The highest BCUT2D eigenvalue weighted by molar-refractivity contribution is 9.10. The van der Waals surface area contributed by atoms with Crippen molar-refractivity contribution in [2.45, 2.75) is 45.4 Å². The highest BCUT2D eigenvalue weighted by Gasteiger charge is 2.27. The average Bonchev–Trinajstić information content (AvgIpc) is 2.84. The number of amides is 1. The van der Waals surface area contributed by atoms with Gasteiger partial charge in [0.15, 0.2) is 0 Å². The lowest BCUT2D eigenvalue weighted by atomic mass is 10.2. The molecule has 7 heteroatoms. The fourth-order valence-electron chi connectivity index (χ4n) is 2.51. The van der Waals surface area contributed by atoms with Gasteiger partial charge in [-0.05, 0) is 55.3 Å². The number of ether oxygens (including phenoxy) is 1. The Morgan fingerprint density at radius 3 is 2.70 bits per heavy atom. The molecule has 4 nitrogen and oxygen atoms in total. The van der Waals surface area contributed by atoms with E-state index >= 15 is 0 Å². The van der Waals surface area contributed by atoms with E-state index in [1.165, 1.54) is 0 Å². The molecule has 0 aliphatic carbocycles. The number of carbonyl (C=O) groups is 1. The first kappa shape index (κ1) is 18.1. The maximum Gasteiger partial charge on any atom is 0.407 e. The van der Waals surface area contributed by atoms with E-state index < -0.39 is 23.3 Å². The van der Waals surface area contributed by atoms with E-state index in [0.29, 0.717) is 18.7 Å². The molecule has 1 amide bonds. The summed E-state index contributed by atoms with van der Waals surface area (Å²) in [5.74, 6) is -0.925. The number of hydrogen-bond donors (Lipinski definition) is 1. The van der Waals surface area contributed by atoms with E-state index in [9.17, 15) is 13.6 Å². The summed E-state index contributed by atoms with van der Waals surface area (Å²) in [5, 5.41) is 2.81. The van der Waals surface area contributed by atoms with Gasteiger partial charge >= 0.3 is 6.09 Å². The van der Waals surface area contributed by atoms with E-state index in [1.54, 1.807) is 20.8 Å². The Balaban J connectivity index is 1.91. The molecule has 1 atom stereocenters. The average molecular weight is 391 g/mol. The largest absolute Gasteiger partial charge is 0.444 e. The highest BCUT2D eigenvalue weighted by Crippen LogP contribution is 2.26. The fourth-order valence-corrected chi connectivity index (χ4v) is 2.95. The normalized spacial score (nSPS) is 19.0. The number of carbonyl (C=O) groups excluding carboxylic acids is 1. The summed E-state index contributed by atoms with van der Waals surface area (Å²) in [7, 11) is 0. The van der Waals surface area contributed by atoms with Gasteiger partial charge in [-0.1, -0.05) is 0 Å². The van der Waals surface area contributed by atoms with Crippen LogP contribution in [0.1, 0.15) is 32.8 Å². The van der Waals surface area contributed by atoms with Crippen LogP contribution in [0.15, 0.2) is 16.6 Å². The van der Waals surface area contributed by atoms with E-state index in [1.807, 2.05) is 4.90 Å². The molecule has 1 N–H and O–H groups in total. The minimum atomic E-state index is -0.544. The highest BCUT2D eigenvalue weighted by atomic mass is 79.9. The number of benzene rings is 1. The van der Waals surface area contributed by atoms with Crippen LogP contribution in [0.3, 0.4) is 0 Å². The van der Waals surface area contributed by atoms with E-state index in [0.717, 1.165) is 18.6 Å². The Morgan fingerprint density at radius 2 is 2.04 bits per heavy atom. The van der Waals surface area contributed by atoms with Crippen LogP contribution < -0.4 is 5.32 Å². The Morgan fingerprint density at radius 1 is 1.39 bits per heavy atom. The summed E-state index contributed by atoms with van der Waals surface area (Å²) >= 11 is 3.10. The summed E-state index contributed by atoms with van der Waals surface area (Å²) in [5.41, 5.74) is -0.249. The van der Waals surface area contributed by atoms with Gasteiger partial charge in [0.25, 0.3) is 0 Å². The van der Waals surface area contributed by atoms with Gasteiger partial charge < -0.3 is 10.1 Å². The minimum Gasteiger partial charge on any atom is -0.444 e.